The van der Waals surface area contributed by atoms with Gasteiger partial charge >= 0.3 is 0 Å². The molecule has 0 atom stereocenters. The molecule has 37 heavy (non-hydrogen) atoms. The van der Waals surface area contributed by atoms with Gasteiger partial charge in [0.25, 0.3) is 0 Å². The number of hydrogen-bond acceptors (Lipinski definition) is 7. The molecular weight excluding hydrogens is 462 g/mol. The summed E-state index contributed by atoms with van der Waals surface area (Å²) in [5, 5.41) is 0.889. The number of piperazine rings is 1. The van der Waals surface area contributed by atoms with Crippen LogP contribution in [-0.4, -0.2) is 63.6 Å². The molecule has 192 valence electrons. The van der Waals surface area contributed by atoms with Crippen molar-refractivity contribution in [3.63, 3.8) is 0 Å². The lowest BCUT2D eigenvalue weighted by atomic mass is 9.89. The molecule has 1 aliphatic heterocycles. The Bertz CT molecular complexity index is 1370. The maximum atomic E-state index is 6.43. The Morgan fingerprint density at radius 1 is 0.865 bits per heavy atom. The van der Waals surface area contributed by atoms with Crippen LogP contribution in [-0.2, 0) is 0 Å². The third-order valence-corrected chi connectivity index (χ3v) is 8.04. The second-order valence-corrected chi connectivity index (χ2v) is 10.4. The second kappa shape index (κ2) is 10.0. The van der Waals surface area contributed by atoms with Crippen molar-refractivity contribution in [3.05, 3.63) is 61.1 Å². The number of benzene rings is 2. The summed E-state index contributed by atoms with van der Waals surface area (Å²) in [6.45, 7) is 4.69. The first-order valence-corrected chi connectivity index (χ1v) is 13.2. The van der Waals surface area contributed by atoms with E-state index in [1.165, 1.54) is 39.0 Å². The van der Waals surface area contributed by atoms with Gasteiger partial charge in [0.15, 0.2) is 0 Å². The first-order valence-electron chi connectivity index (χ1n) is 13.2. The van der Waals surface area contributed by atoms with Crippen molar-refractivity contribution in [2.24, 2.45) is 0 Å². The highest BCUT2D eigenvalue weighted by Crippen LogP contribution is 2.40. The van der Waals surface area contributed by atoms with E-state index in [-0.39, 0.29) is 0 Å². The minimum Gasteiger partial charge on any atom is -0.455 e. The lowest BCUT2D eigenvalue weighted by molar-refractivity contribution is 0.0828. The summed E-state index contributed by atoms with van der Waals surface area (Å²) in [4.78, 5) is 14.1. The van der Waals surface area contributed by atoms with Crippen molar-refractivity contribution in [1.29, 1.82) is 0 Å². The van der Waals surface area contributed by atoms with E-state index < -0.39 is 0 Å². The number of likely N-dealkylation sites (N-methyl/N-ethyl adjacent to an activating group) is 1. The molecule has 0 spiro atoms. The molecule has 1 saturated heterocycles. The zero-order chi connectivity index (χ0) is 25.4. The Morgan fingerprint density at radius 3 is 2.32 bits per heavy atom. The maximum Gasteiger partial charge on any atom is 0.150 e. The van der Waals surface area contributed by atoms with Crippen LogP contribution >= 0.6 is 0 Å². The van der Waals surface area contributed by atoms with E-state index in [4.69, 9.17) is 16.2 Å². The SMILES string of the molecule is CN1CCN(C2CCC(n3cc(-c4ccc(Oc5ccccc5)c(N)c4)c4c(N)ncnc43)CC2)CC1. The van der Waals surface area contributed by atoms with Gasteiger partial charge in [0.2, 0.25) is 0 Å². The van der Waals surface area contributed by atoms with Crippen LogP contribution in [0.2, 0.25) is 0 Å². The van der Waals surface area contributed by atoms with Crippen LogP contribution in [0.15, 0.2) is 61.1 Å². The van der Waals surface area contributed by atoms with Crippen molar-refractivity contribution in [2.45, 2.75) is 37.8 Å². The Morgan fingerprint density at radius 2 is 1.59 bits per heavy atom. The fourth-order valence-corrected chi connectivity index (χ4v) is 5.92. The number of aromatic nitrogens is 3. The van der Waals surface area contributed by atoms with Crippen LogP contribution in [0.5, 0.6) is 11.5 Å². The molecule has 2 aromatic carbocycles. The standard InChI is InChI=1S/C29H35N7O/c1-34-13-15-35(16-14-34)21-8-10-22(11-9-21)36-18-24(27-28(31)32-19-33-29(27)36)20-7-12-26(25(30)17-20)37-23-5-3-2-4-6-23/h2-7,12,17-19,21-22H,8-11,13-16,30H2,1H3,(H2,31,32,33). The van der Waals surface area contributed by atoms with Gasteiger partial charge in [-0.3, -0.25) is 4.90 Å². The normalized spacial score (nSPS) is 21.3. The molecular formula is C29H35N7O. The number of nitrogen functional groups attached to an aromatic ring is 2. The molecule has 2 aliphatic rings. The van der Waals surface area contributed by atoms with E-state index in [1.807, 2.05) is 48.5 Å². The minimum absolute atomic E-state index is 0.396. The fourth-order valence-electron chi connectivity index (χ4n) is 5.92. The largest absolute Gasteiger partial charge is 0.455 e. The monoisotopic (exact) mass is 497 g/mol. The quantitative estimate of drug-likeness (QED) is 0.383. The van der Waals surface area contributed by atoms with E-state index in [9.17, 15) is 0 Å². The average Bonchev–Trinajstić information content (AvgIpc) is 3.32. The molecule has 4 aromatic rings. The first kappa shape index (κ1) is 23.8. The number of rotatable bonds is 5. The Kier molecular flexibility index (Phi) is 6.44. The predicted octanol–water partition coefficient (Wildman–Crippen LogP) is 4.79. The third kappa shape index (κ3) is 4.74. The molecule has 2 fully saturated rings. The zero-order valence-electron chi connectivity index (χ0n) is 21.4. The molecule has 1 aliphatic carbocycles. The Balaban J connectivity index is 1.26. The van der Waals surface area contributed by atoms with Crippen molar-refractivity contribution in [1.82, 2.24) is 24.3 Å². The molecule has 0 unspecified atom stereocenters. The third-order valence-electron chi connectivity index (χ3n) is 8.04. The molecule has 1 saturated carbocycles. The van der Waals surface area contributed by atoms with Gasteiger partial charge in [-0.2, -0.15) is 0 Å². The smallest absolute Gasteiger partial charge is 0.150 e. The number of anilines is 2. The van der Waals surface area contributed by atoms with E-state index in [1.54, 1.807) is 6.33 Å². The van der Waals surface area contributed by atoms with Crippen LogP contribution < -0.4 is 16.2 Å². The van der Waals surface area contributed by atoms with E-state index >= 15 is 0 Å². The molecule has 2 aromatic heterocycles. The number of para-hydroxylation sites is 1. The molecule has 0 amide bonds. The molecule has 8 heteroatoms. The summed E-state index contributed by atoms with van der Waals surface area (Å²) in [5.74, 6) is 1.88. The van der Waals surface area contributed by atoms with E-state index in [2.05, 4.69) is 37.6 Å². The van der Waals surface area contributed by atoms with Gasteiger partial charge in [-0.1, -0.05) is 24.3 Å². The summed E-state index contributed by atoms with van der Waals surface area (Å²) < 4.78 is 8.32. The number of nitrogens with zero attached hydrogens (tertiary/aromatic N) is 5. The molecule has 8 nitrogen and oxygen atoms in total. The van der Waals surface area contributed by atoms with Crippen molar-refractivity contribution in [2.75, 3.05) is 44.7 Å². The zero-order valence-corrected chi connectivity index (χ0v) is 21.4. The van der Waals surface area contributed by atoms with Crippen molar-refractivity contribution < 1.29 is 4.74 Å². The van der Waals surface area contributed by atoms with Crippen LogP contribution in [0.1, 0.15) is 31.7 Å². The number of nitrogens with two attached hydrogens (primary N) is 2. The summed E-state index contributed by atoms with van der Waals surface area (Å²) >= 11 is 0. The Hall–Kier alpha value is -3.62. The lowest BCUT2D eigenvalue weighted by Gasteiger charge is -2.41. The van der Waals surface area contributed by atoms with Crippen molar-refractivity contribution >= 4 is 22.5 Å². The molecule has 4 N–H and O–H groups in total. The van der Waals surface area contributed by atoms with E-state index in [0.717, 1.165) is 40.8 Å². The molecule has 0 bridgehead atoms. The number of fused-ring (bicyclic) bond motifs is 1. The summed E-state index contributed by atoms with van der Waals surface area (Å²) in [6, 6.07) is 16.7. The van der Waals surface area contributed by atoms with Crippen molar-refractivity contribution in [3.8, 4) is 22.6 Å². The maximum absolute atomic E-state index is 6.43. The van der Waals surface area contributed by atoms with Gasteiger partial charge in [0.1, 0.15) is 29.3 Å². The lowest BCUT2D eigenvalue weighted by Crippen LogP contribution is -2.49. The van der Waals surface area contributed by atoms with Gasteiger partial charge in [0.05, 0.1) is 11.1 Å². The summed E-state index contributed by atoms with van der Waals surface area (Å²) in [5.41, 5.74) is 16.3. The van der Waals surface area contributed by atoms with Gasteiger partial charge in [-0.05, 0) is 62.6 Å². The van der Waals surface area contributed by atoms with Gasteiger partial charge in [0, 0.05) is 50.0 Å². The van der Waals surface area contributed by atoms with Crippen LogP contribution in [0, 0.1) is 0 Å². The van der Waals surface area contributed by atoms with Crippen LogP contribution in [0.3, 0.4) is 0 Å². The fraction of sp³-hybridized carbons (Fsp3) is 0.379. The predicted molar refractivity (Wildman–Crippen MR) is 149 cm³/mol. The van der Waals surface area contributed by atoms with Gasteiger partial charge in [-0.25, -0.2) is 9.97 Å². The van der Waals surface area contributed by atoms with Crippen LogP contribution in [0.25, 0.3) is 22.2 Å². The number of hydrogen-bond donors (Lipinski definition) is 2. The Labute approximate surface area is 217 Å². The highest BCUT2D eigenvalue weighted by Gasteiger charge is 2.30. The van der Waals surface area contributed by atoms with Gasteiger partial charge in [-0.15, -0.1) is 0 Å². The summed E-state index contributed by atoms with van der Waals surface area (Å²) in [7, 11) is 2.22. The number of ether oxygens (including phenoxy) is 1. The topological polar surface area (TPSA) is 98.5 Å². The average molecular weight is 498 g/mol. The van der Waals surface area contributed by atoms with E-state index in [0.29, 0.717) is 29.3 Å². The highest BCUT2D eigenvalue weighted by molar-refractivity contribution is 6.01. The highest BCUT2D eigenvalue weighted by atomic mass is 16.5. The molecule has 3 heterocycles. The summed E-state index contributed by atoms with van der Waals surface area (Å²) in [6.07, 6.45) is 8.46. The van der Waals surface area contributed by atoms with Gasteiger partial charge < -0.3 is 25.7 Å². The minimum atomic E-state index is 0.396. The molecule has 0 radical (unpaired) electrons. The first-order chi connectivity index (χ1) is 18.1. The second-order valence-electron chi connectivity index (χ2n) is 10.4. The molecule has 6 rings (SSSR count). The van der Waals surface area contributed by atoms with Crippen LogP contribution in [0.4, 0.5) is 11.5 Å².